The molecule has 3 nitrogen and oxygen atoms in total. The summed E-state index contributed by atoms with van der Waals surface area (Å²) in [6.45, 7) is 0.0934. The van der Waals surface area contributed by atoms with E-state index in [0.717, 1.165) is 32.9 Å². The van der Waals surface area contributed by atoms with E-state index in [-0.39, 0.29) is 6.61 Å². The van der Waals surface area contributed by atoms with Crippen molar-refractivity contribution in [3.63, 3.8) is 0 Å². The molecule has 0 atom stereocenters. The molecule has 1 aromatic carbocycles. The summed E-state index contributed by atoms with van der Waals surface area (Å²) in [5.41, 5.74) is 5.27. The molecule has 22 heavy (non-hydrogen) atoms. The summed E-state index contributed by atoms with van der Waals surface area (Å²) in [4.78, 5) is 5.64. The summed E-state index contributed by atoms with van der Waals surface area (Å²) >= 11 is 1.58. The van der Waals surface area contributed by atoms with E-state index in [1.165, 1.54) is 0 Å². The predicted octanol–water partition coefficient (Wildman–Crippen LogP) is 4.22. The molecule has 3 heterocycles. The maximum Gasteiger partial charge on any atom is 0.137 e. The lowest BCUT2D eigenvalue weighted by molar-refractivity contribution is 0.285. The van der Waals surface area contributed by atoms with Crippen molar-refractivity contribution < 1.29 is 5.11 Å². The summed E-state index contributed by atoms with van der Waals surface area (Å²) in [5.74, 6) is 0. The number of aliphatic hydroxyl groups is 1. The third kappa shape index (κ3) is 2.32. The van der Waals surface area contributed by atoms with Gasteiger partial charge in [-0.2, -0.15) is 0 Å². The van der Waals surface area contributed by atoms with Gasteiger partial charge in [0.25, 0.3) is 0 Å². The highest BCUT2D eigenvalue weighted by atomic mass is 32.1. The summed E-state index contributed by atoms with van der Waals surface area (Å²) in [6, 6.07) is 16.3. The molecule has 0 radical (unpaired) electrons. The number of nitrogens with zero attached hydrogens (tertiary/aromatic N) is 2. The zero-order valence-corrected chi connectivity index (χ0v) is 12.6. The Hall–Kier alpha value is -2.43. The van der Waals surface area contributed by atoms with Gasteiger partial charge >= 0.3 is 0 Å². The quantitative estimate of drug-likeness (QED) is 0.615. The van der Waals surface area contributed by atoms with Crippen LogP contribution in [-0.2, 0) is 6.61 Å². The Morgan fingerprint density at radius 3 is 2.59 bits per heavy atom. The second kappa shape index (κ2) is 5.40. The molecule has 0 saturated heterocycles. The van der Waals surface area contributed by atoms with Gasteiger partial charge in [-0.15, -0.1) is 11.3 Å². The number of fused-ring (bicyclic) bond motifs is 1. The van der Waals surface area contributed by atoms with Crippen molar-refractivity contribution in [2.45, 2.75) is 6.61 Å². The number of thiophene rings is 1. The molecular formula is C18H14N2OS. The summed E-state index contributed by atoms with van der Waals surface area (Å²) in [6.07, 6.45) is 4.13. The van der Waals surface area contributed by atoms with Crippen LogP contribution in [-0.4, -0.2) is 14.5 Å². The lowest BCUT2D eigenvalue weighted by Gasteiger charge is -1.99. The molecule has 0 fully saturated rings. The van der Waals surface area contributed by atoms with Crippen LogP contribution in [0.5, 0.6) is 0 Å². The standard InChI is InChI=1S/C18H14N2OS/c21-11-16-8-15(12-22-16)14-6-7-18-19-17(10-20(18)9-14)13-4-2-1-3-5-13/h1-10,12,21H,11H2. The van der Waals surface area contributed by atoms with E-state index >= 15 is 0 Å². The molecule has 3 aromatic heterocycles. The smallest absolute Gasteiger partial charge is 0.137 e. The number of benzene rings is 1. The molecule has 0 aliphatic rings. The van der Waals surface area contributed by atoms with E-state index in [2.05, 4.69) is 34.8 Å². The Morgan fingerprint density at radius 2 is 1.82 bits per heavy atom. The fourth-order valence-corrected chi connectivity index (χ4v) is 3.28. The number of aromatic nitrogens is 2. The van der Waals surface area contributed by atoms with E-state index in [9.17, 15) is 5.11 Å². The van der Waals surface area contributed by atoms with Crippen molar-refractivity contribution in [2.24, 2.45) is 0 Å². The van der Waals surface area contributed by atoms with Crippen molar-refractivity contribution in [1.82, 2.24) is 9.38 Å². The average molecular weight is 306 g/mol. The van der Waals surface area contributed by atoms with Crippen LogP contribution >= 0.6 is 11.3 Å². The molecule has 4 rings (SSSR count). The van der Waals surface area contributed by atoms with Gasteiger partial charge in [-0.3, -0.25) is 0 Å². The fourth-order valence-electron chi connectivity index (χ4n) is 2.53. The summed E-state index contributed by atoms with van der Waals surface area (Å²) in [7, 11) is 0. The van der Waals surface area contributed by atoms with Gasteiger partial charge in [0, 0.05) is 22.8 Å². The Labute approximate surface area is 132 Å². The molecule has 0 spiro atoms. The van der Waals surface area contributed by atoms with Crippen molar-refractivity contribution in [3.05, 3.63) is 71.2 Å². The first-order chi connectivity index (χ1) is 10.8. The minimum absolute atomic E-state index is 0.0934. The normalized spacial score (nSPS) is 11.1. The first-order valence-electron chi connectivity index (χ1n) is 7.06. The van der Waals surface area contributed by atoms with Crippen LogP contribution in [0.25, 0.3) is 28.0 Å². The second-order valence-corrected chi connectivity index (χ2v) is 6.13. The lowest BCUT2D eigenvalue weighted by atomic mass is 10.1. The van der Waals surface area contributed by atoms with Gasteiger partial charge in [0.05, 0.1) is 12.3 Å². The zero-order chi connectivity index (χ0) is 14.9. The van der Waals surface area contributed by atoms with Gasteiger partial charge in [-0.25, -0.2) is 4.98 Å². The topological polar surface area (TPSA) is 37.5 Å². The van der Waals surface area contributed by atoms with Crippen molar-refractivity contribution in [1.29, 1.82) is 0 Å². The number of rotatable bonds is 3. The predicted molar refractivity (Wildman–Crippen MR) is 89.9 cm³/mol. The van der Waals surface area contributed by atoms with Crippen molar-refractivity contribution in [3.8, 4) is 22.4 Å². The van der Waals surface area contributed by atoms with Gasteiger partial charge in [-0.1, -0.05) is 30.3 Å². The number of hydrogen-bond acceptors (Lipinski definition) is 3. The summed E-state index contributed by atoms with van der Waals surface area (Å²) in [5, 5.41) is 11.3. The van der Waals surface area contributed by atoms with Crippen LogP contribution in [0.15, 0.2) is 66.3 Å². The first-order valence-corrected chi connectivity index (χ1v) is 7.94. The monoisotopic (exact) mass is 306 g/mol. The van der Waals surface area contributed by atoms with Gasteiger partial charge in [0.1, 0.15) is 5.65 Å². The highest BCUT2D eigenvalue weighted by Gasteiger charge is 2.07. The molecule has 0 amide bonds. The maximum atomic E-state index is 9.19. The van der Waals surface area contributed by atoms with Crippen LogP contribution in [0.3, 0.4) is 0 Å². The van der Waals surface area contributed by atoms with Crippen LogP contribution in [0.4, 0.5) is 0 Å². The van der Waals surface area contributed by atoms with E-state index in [0.29, 0.717) is 0 Å². The largest absolute Gasteiger partial charge is 0.391 e. The minimum Gasteiger partial charge on any atom is -0.391 e. The molecule has 4 aromatic rings. The van der Waals surface area contributed by atoms with Crippen LogP contribution in [0, 0.1) is 0 Å². The molecule has 1 N–H and O–H groups in total. The molecule has 4 heteroatoms. The number of pyridine rings is 1. The highest BCUT2D eigenvalue weighted by Crippen LogP contribution is 2.27. The van der Waals surface area contributed by atoms with Gasteiger partial charge in [-0.05, 0) is 34.7 Å². The Balaban J connectivity index is 1.78. The Bertz CT molecular complexity index is 925. The average Bonchev–Trinajstić information content (AvgIpc) is 3.21. The van der Waals surface area contributed by atoms with E-state index in [1.807, 2.05) is 40.9 Å². The molecule has 0 aliphatic heterocycles. The SMILES string of the molecule is OCc1cc(-c2ccc3nc(-c4ccccc4)cn3c2)cs1. The molecule has 0 unspecified atom stereocenters. The fraction of sp³-hybridized carbons (Fsp3) is 0.0556. The second-order valence-electron chi connectivity index (χ2n) is 5.14. The number of aliphatic hydroxyl groups excluding tert-OH is 1. The number of imidazole rings is 1. The third-order valence-corrected chi connectivity index (χ3v) is 4.59. The van der Waals surface area contributed by atoms with Crippen LogP contribution in [0.1, 0.15) is 4.88 Å². The molecule has 0 bridgehead atoms. The molecule has 0 saturated carbocycles. The van der Waals surface area contributed by atoms with E-state index in [4.69, 9.17) is 0 Å². The maximum absolute atomic E-state index is 9.19. The van der Waals surface area contributed by atoms with Crippen molar-refractivity contribution in [2.75, 3.05) is 0 Å². The first kappa shape index (κ1) is 13.2. The third-order valence-electron chi connectivity index (χ3n) is 3.66. The van der Waals surface area contributed by atoms with Gasteiger partial charge in [0.15, 0.2) is 0 Å². The Morgan fingerprint density at radius 1 is 0.955 bits per heavy atom. The summed E-state index contributed by atoms with van der Waals surface area (Å²) < 4.78 is 2.05. The molecule has 108 valence electrons. The lowest BCUT2D eigenvalue weighted by Crippen LogP contribution is -1.84. The molecular weight excluding hydrogens is 292 g/mol. The zero-order valence-electron chi connectivity index (χ0n) is 11.8. The minimum atomic E-state index is 0.0934. The van der Waals surface area contributed by atoms with Crippen molar-refractivity contribution >= 4 is 17.0 Å². The van der Waals surface area contributed by atoms with E-state index < -0.39 is 0 Å². The molecule has 0 aliphatic carbocycles. The highest BCUT2D eigenvalue weighted by molar-refractivity contribution is 7.10. The van der Waals surface area contributed by atoms with Crippen LogP contribution in [0.2, 0.25) is 0 Å². The van der Waals surface area contributed by atoms with E-state index in [1.54, 1.807) is 11.3 Å². The Kier molecular flexibility index (Phi) is 3.25. The van der Waals surface area contributed by atoms with Gasteiger partial charge in [0.2, 0.25) is 0 Å². The van der Waals surface area contributed by atoms with Gasteiger partial charge < -0.3 is 9.51 Å². The number of hydrogen-bond donors (Lipinski definition) is 1. The van der Waals surface area contributed by atoms with Crippen LogP contribution < -0.4 is 0 Å².